The first-order valence-corrected chi connectivity index (χ1v) is 34.5. The predicted octanol–water partition coefficient (Wildman–Crippen LogP) is 13.7. The normalized spacial score (nSPS) is 24.0. The van der Waals surface area contributed by atoms with E-state index in [0.29, 0.717) is 12.8 Å². The van der Waals surface area contributed by atoms with Crippen molar-refractivity contribution < 1.29 is 64.6 Å². The summed E-state index contributed by atoms with van der Waals surface area (Å²) in [6.45, 7) is 2.79. The van der Waals surface area contributed by atoms with Gasteiger partial charge in [0.1, 0.15) is 48.8 Å². The number of carbonyl (C=O) groups is 1. The highest BCUT2D eigenvalue weighted by atomic mass is 16.7. The molecule has 12 atom stereocenters. The van der Waals surface area contributed by atoms with Crippen LogP contribution in [0.5, 0.6) is 0 Å². The summed E-state index contributed by atoms with van der Waals surface area (Å²) in [4.78, 5) is 13.3. The van der Waals surface area contributed by atoms with E-state index in [9.17, 15) is 45.6 Å². The number of ether oxygens (including phenoxy) is 4. The Morgan fingerprint density at radius 2 is 0.798 bits per heavy atom. The van der Waals surface area contributed by atoms with Gasteiger partial charge in [-0.3, -0.25) is 4.79 Å². The van der Waals surface area contributed by atoms with Crippen LogP contribution in [0.2, 0.25) is 0 Å². The van der Waals surface area contributed by atoms with E-state index in [1.165, 1.54) is 199 Å². The number of rotatable bonds is 56. The number of unbranched alkanes of at least 4 members (excludes halogenated alkanes) is 35. The topological polar surface area (TPSA) is 228 Å². The van der Waals surface area contributed by atoms with Gasteiger partial charge in [0.2, 0.25) is 5.91 Å². The minimum atomic E-state index is -1.79. The van der Waals surface area contributed by atoms with Gasteiger partial charge < -0.3 is 65.1 Å². The van der Waals surface area contributed by atoms with Gasteiger partial charge in [-0.05, 0) is 77.0 Å². The van der Waals surface area contributed by atoms with Crippen molar-refractivity contribution in [2.45, 2.75) is 357 Å². The van der Waals surface area contributed by atoms with Crippen molar-refractivity contribution in [1.29, 1.82) is 0 Å². The molecule has 2 aliphatic heterocycles. The van der Waals surface area contributed by atoms with Crippen LogP contribution in [-0.4, -0.2) is 140 Å². The summed E-state index contributed by atoms with van der Waals surface area (Å²) in [5, 5.41) is 87.4. The summed E-state index contributed by atoms with van der Waals surface area (Å²) in [6.07, 6.45) is 55.6. The van der Waals surface area contributed by atoms with Gasteiger partial charge in [-0.25, -0.2) is 0 Å². The average molecular weight is 1190 g/mol. The fourth-order valence-electron chi connectivity index (χ4n) is 11.1. The maximum absolute atomic E-state index is 13.3. The molecule has 2 fully saturated rings. The minimum Gasteiger partial charge on any atom is -0.394 e. The quantitative estimate of drug-likeness (QED) is 0.0204. The number of amides is 1. The second-order valence-electron chi connectivity index (χ2n) is 24.3. The Morgan fingerprint density at radius 3 is 1.24 bits per heavy atom. The second kappa shape index (κ2) is 54.8. The van der Waals surface area contributed by atoms with Gasteiger partial charge in [-0.15, -0.1) is 0 Å². The molecule has 2 heterocycles. The van der Waals surface area contributed by atoms with Gasteiger partial charge in [0.15, 0.2) is 12.6 Å². The van der Waals surface area contributed by atoms with Gasteiger partial charge in [0.05, 0.1) is 32.0 Å². The minimum absolute atomic E-state index is 0.253. The number of nitrogens with one attached hydrogen (secondary N) is 1. The molecular formula is C70H127NO13. The molecule has 14 heteroatoms. The van der Waals surface area contributed by atoms with E-state index in [-0.39, 0.29) is 18.9 Å². The van der Waals surface area contributed by atoms with Crippen LogP contribution in [0.3, 0.4) is 0 Å². The molecule has 2 rings (SSSR count). The highest BCUT2D eigenvalue weighted by Gasteiger charge is 2.51. The number of aliphatic hydroxyl groups excluding tert-OH is 8. The van der Waals surface area contributed by atoms with Crippen molar-refractivity contribution in [2.75, 3.05) is 19.8 Å². The van der Waals surface area contributed by atoms with Crippen molar-refractivity contribution in [3.05, 3.63) is 60.8 Å². The van der Waals surface area contributed by atoms with E-state index >= 15 is 0 Å². The van der Waals surface area contributed by atoms with E-state index in [4.69, 9.17) is 18.9 Å². The van der Waals surface area contributed by atoms with E-state index in [1.54, 1.807) is 6.08 Å². The summed E-state index contributed by atoms with van der Waals surface area (Å²) >= 11 is 0. The maximum Gasteiger partial charge on any atom is 0.220 e. The third-order valence-corrected chi connectivity index (χ3v) is 16.7. The lowest BCUT2D eigenvalue weighted by molar-refractivity contribution is -0.359. The average Bonchev–Trinajstić information content (AvgIpc) is 3.18. The zero-order chi connectivity index (χ0) is 60.9. The molecular weight excluding hydrogens is 1060 g/mol. The Labute approximate surface area is 511 Å². The molecule has 84 heavy (non-hydrogen) atoms. The molecule has 0 radical (unpaired) electrons. The lowest BCUT2D eigenvalue weighted by Crippen LogP contribution is -2.65. The third kappa shape index (κ3) is 38.9. The highest BCUT2D eigenvalue weighted by Crippen LogP contribution is 2.30. The van der Waals surface area contributed by atoms with Crippen LogP contribution >= 0.6 is 0 Å². The van der Waals surface area contributed by atoms with Gasteiger partial charge in [0, 0.05) is 6.42 Å². The molecule has 1 amide bonds. The Kier molecular flexibility index (Phi) is 50.8. The Bertz CT molecular complexity index is 1640. The van der Waals surface area contributed by atoms with Crippen molar-refractivity contribution in [1.82, 2.24) is 5.32 Å². The van der Waals surface area contributed by atoms with Crippen LogP contribution in [0.1, 0.15) is 284 Å². The molecule has 0 aliphatic carbocycles. The van der Waals surface area contributed by atoms with E-state index in [2.05, 4.69) is 67.8 Å². The standard InChI is InChI=1S/C70H127NO13/c1-3-5-7-9-11-13-15-17-19-21-23-25-27-29-31-33-35-37-39-41-43-45-47-49-51-53-59(74)58(57-81-69-67(80)65(78)68(61(56-73)83-69)84-70-66(79)64(77)63(76)60(55-72)82-70)71-62(75)54-52-50-48-46-44-42-40-38-36-34-32-30-28-26-24-22-20-18-16-14-12-10-8-6-4-2/h16,18,22,24,35,37,43,45,51,53,58-61,63-70,72-74,76-80H,3-15,17,19-21,23,25-34,36,38-42,44,46-50,52,54-57H2,1-2H3,(H,71,75)/b18-16-,24-22-,37-35+,45-43+,53-51+. The van der Waals surface area contributed by atoms with Crippen molar-refractivity contribution in [3.63, 3.8) is 0 Å². The maximum atomic E-state index is 13.3. The van der Waals surface area contributed by atoms with Gasteiger partial charge in [-0.2, -0.15) is 0 Å². The van der Waals surface area contributed by atoms with Crippen LogP contribution in [0.25, 0.3) is 0 Å². The van der Waals surface area contributed by atoms with Crippen molar-refractivity contribution in [2.24, 2.45) is 0 Å². The Morgan fingerprint density at radius 1 is 0.429 bits per heavy atom. The van der Waals surface area contributed by atoms with Crippen molar-refractivity contribution in [3.8, 4) is 0 Å². The SMILES string of the molecule is CCCCCCC/C=C\C/C=C\CCCCCCCCCCCCCCCC(=O)NC(COC1OC(CO)C(OC2OC(CO)C(O)C(O)C2O)C(O)C1O)C(O)/C=C/CC/C=C/CC/C=C/CCCCCCCCCCCCCCCCC. The molecule has 9 N–H and O–H groups in total. The molecule has 0 aromatic rings. The summed E-state index contributed by atoms with van der Waals surface area (Å²) in [6, 6.07) is -0.941. The van der Waals surface area contributed by atoms with Crippen LogP contribution in [0.4, 0.5) is 0 Å². The highest BCUT2D eigenvalue weighted by molar-refractivity contribution is 5.76. The first-order valence-electron chi connectivity index (χ1n) is 34.5. The summed E-state index contributed by atoms with van der Waals surface area (Å²) in [5.74, 6) is -0.253. The van der Waals surface area contributed by atoms with Crippen LogP contribution < -0.4 is 5.32 Å². The van der Waals surface area contributed by atoms with Crippen LogP contribution in [0.15, 0.2) is 60.8 Å². The number of hydrogen-bond donors (Lipinski definition) is 9. The lowest BCUT2D eigenvalue weighted by atomic mass is 9.97. The number of hydrogen-bond acceptors (Lipinski definition) is 13. The Hall–Kier alpha value is -2.31. The van der Waals surface area contributed by atoms with Crippen LogP contribution in [0, 0.1) is 0 Å². The molecule has 0 spiro atoms. The molecule has 0 bridgehead atoms. The molecule has 2 aliphatic rings. The molecule has 0 aromatic carbocycles. The van der Waals surface area contributed by atoms with Gasteiger partial charge in [0.25, 0.3) is 0 Å². The fraction of sp³-hybridized carbons (Fsp3) is 0.843. The van der Waals surface area contributed by atoms with E-state index in [0.717, 1.165) is 51.4 Å². The summed E-state index contributed by atoms with van der Waals surface area (Å²) in [7, 11) is 0. The van der Waals surface area contributed by atoms with Crippen molar-refractivity contribution >= 4 is 5.91 Å². The summed E-state index contributed by atoms with van der Waals surface area (Å²) in [5.41, 5.74) is 0. The largest absolute Gasteiger partial charge is 0.394 e. The van der Waals surface area contributed by atoms with Gasteiger partial charge in [-0.1, -0.05) is 261 Å². The zero-order valence-electron chi connectivity index (χ0n) is 53.1. The number of carbonyl (C=O) groups excluding carboxylic acids is 1. The molecule has 2 saturated heterocycles. The monoisotopic (exact) mass is 1190 g/mol. The van der Waals surface area contributed by atoms with E-state index in [1.807, 2.05) is 6.08 Å². The van der Waals surface area contributed by atoms with Gasteiger partial charge >= 0.3 is 0 Å². The number of aliphatic hydroxyl groups is 8. The van der Waals surface area contributed by atoms with E-state index < -0.39 is 86.8 Å². The molecule has 12 unspecified atom stereocenters. The molecule has 14 nitrogen and oxygen atoms in total. The summed E-state index contributed by atoms with van der Waals surface area (Å²) < 4.78 is 22.8. The lowest BCUT2D eigenvalue weighted by Gasteiger charge is -2.46. The molecule has 0 saturated carbocycles. The molecule has 490 valence electrons. The zero-order valence-corrected chi connectivity index (χ0v) is 53.1. The first-order chi connectivity index (χ1) is 41.1. The smallest absolute Gasteiger partial charge is 0.220 e. The van der Waals surface area contributed by atoms with Crippen LogP contribution in [-0.2, 0) is 23.7 Å². The Balaban J connectivity index is 1.72. The second-order valence-corrected chi connectivity index (χ2v) is 24.3. The molecule has 0 aromatic heterocycles. The number of allylic oxidation sites excluding steroid dienone is 9. The predicted molar refractivity (Wildman–Crippen MR) is 341 cm³/mol. The first kappa shape index (κ1) is 77.8. The third-order valence-electron chi connectivity index (χ3n) is 16.7. The fourth-order valence-corrected chi connectivity index (χ4v) is 11.1.